The predicted octanol–water partition coefficient (Wildman–Crippen LogP) is 5.67. The maximum Gasteiger partial charge on any atom is 0.269 e. The third-order valence-electron chi connectivity index (χ3n) is 5.82. The number of carbonyl (C=O) groups excluding carboxylic acids is 2. The predicted molar refractivity (Wildman–Crippen MR) is 150 cm³/mol. The van der Waals surface area contributed by atoms with Crippen LogP contribution in [0.1, 0.15) is 23.3 Å². The molecule has 2 aromatic carbocycles. The van der Waals surface area contributed by atoms with Gasteiger partial charge >= 0.3 is 0 Å². The average molecular weight is 546 g/mol. The molecule has 2 amide bonds. The Balaban J connectivity index is 1.55. The van der Waals surface area contributed by atoms with E-state index in [0.29, 0.717) is 33.2 Å². The van der Waals surface area contributed by atoms with Gasteiger partial charge in [0, 0.05) is 39.7 Å². The SMILES string of the molecule is CC1=C(C(=O)Nc2ccccc2C)[C@H](c2cccs2)C(C#N)=C(SCC(=O)Nc2ccc([N+](=O)[O-])cc2)N1. The molecule has 0 saturated carbocycles. The van der Waals surface area contributed by atoms with Crippen LogP contribution < -0.4 is 16.0 Å². The first kappa shape index (κ1) is 26.7. The first-order valence-corrected chi connectivity index (χ1v) is 13.3. The van der Waals surface area contributed by atoms with Gasteiger partial charge in [-0.1, -0.05) is 36.0 Å². The van der Waals surface area contributed by atoms with Crippen LogP contribution in [0.5, 0.6) is 0 Å². The molecule has 0 aliphatic carbocycles. The molecule has 3 N–H and O–H groups in total. The van der Waals surface area contributed by atoms with Crippen molar-refractivity contribution in [1.82, 2.24) is 5.32 Å². The number of allylic oxidation sites excluding steroid dienone is 2. The number of hydrogen-bond acceptors (Lipinski definition) is 8. The lowest BCUT2D eigenvalue weighted by molar-refractivity contribution is -0.384. The number of anilines is 2. The van der Waals surface area contributed by atoms with Crippen LogP contribution >= 0.6 is 23.1 Å². The van der Waals surface area contributed by atoms with E-state index in [1.165, 1.54) is 35.6 Å². The van der Waals surface area contributed by atoms with Crippen molar-refractivity contribution < 1.29 is 14.5 Å². The number of nitro benzene ring substituents is 1. The molecule has 0 spiro atoms. The number of thiophene rings is 1. The highest BCUT2D eigenvalue weighted by molar-refractivity contribution is 8.03. The number of amides is 2. The summed E-state index contributed by atoms with van der Waals surface area (Å²) < 4.78 is 0. The fraction of sp³-hybridized carbons (Fsp3) is 0.148. The molecule has 4 rings (SSSR count). The summed E-state index contributed by atoms with van der Waals surface area (Å²) in [5.41, 5.74) is 3.33. The molecule has 38 heavy (non-hydrogen) atoms. The minimum atomic E-state index is -0.592. The molecular weight excluding hydrogens is 522 g/mol. The Morgan fingerprint density at radius 2 is 1.84 bits per heavy atom. The summed E-state index contributed by atoms with van der Waals surface area (Å²) in [6, 6.07) is 19.0. The van der Waals surface area contributed by atoms with E-state index in [1.54, 1.807) is 6.92 Å². The molecule has 2 heterocycles. The zero-order valence-corrected chi connectivity index (χ0v) is 22.1. The van der Waals surface area contributed by atoms with Gasteiger partial charge in [0.25, 0.3) is 11.6 Å². The summed E-state index contributed by atoms with van der Waals surface area (Å²) in [6.45, 7) is 3.68. The van der Waals surface area contributed by atoms with Gasteiger partial charge in [0.15, 0.2) is 0 Å². The first-order chi connectivity index (χ1) is 18.3. The van der Waals surface area contributed by atoms with Crippen LogP contribution in [0.4, 0.5) is 17.1 Å². The van der Waals surface area contributed by atoms with Crippen molar-refractivity contribution in [2.75, 3.05) is 16.4 Å². The Bertz CT molecular complexity index is 1490. The van der Waals surface area contributed by atoms with Gasteiger partial charge in [-0.15, -0.1) is 11.3 Å². The molecular formula is C27H23N5O4S2. The molecule has 0 saturated heterocycles. The zero-order chi connectivity index (χ0) is 27.2. The van der Waals surface area contributed by atoms with E-state index < -0.39 is 10.8 Å². The van der Waals surface area contributed by atoms with E-state index in [9.17, 15) is 25.0 Å². The van der Waals surface area contributed by atoms with Crippen LogP contribution in [0.15, 0.2) is 87.9 Å². The number of para-hydroxylation sites is 1. The summed E-state index contributed by atoms with van der Waals surface area (Å²) in [5.74, 6) is -1.26. The van der Waals surface area contributed by atoms with Gasteiger partial charge in [-0.2, -0.15) is 5.26 Å². The maximum atomic E-state index is 13.5. The molecule has 1 aliphatic rings. The van der Waals surface area contributed by atoms with Crippen LogP contribution in [0.3, 0.4) is 0 Å². The molecule has 11 heteroatoms. The molecule has 0 radical (unpaired) electrons. The van der Waals surface area contributed by atoms with E-state index in [1.807, 2.05) is 48.7 Å². The van der Waals surface area contributed by atoms with Crippen molar-refractivity contribution >= 4 is 52.0 Å². The second-order valence-corrected chi connectivity index (χ2v) is 10.3. The normalized spacial score (nSPS) is 14.9. The van der Waals surface area contributed by atoms with E-state index in [4.69, 9.17) is 0 Å². The highest BCUT2D eigenvalue weighted by Gasteiger charge is 2.35. The summed E-state index contributed by atoms with van der Waals surface area (Å²) >= 11 is 2.60. The highest BCUT2D eigenvalue weighted by Crippen LogP contribution is 2.42. The van der Waals surface area contributed by atoms with Crippen molar-refractivity contribution in [2.45, 2.75) is 19.8 Å². The molecule has 1 aliphatic heterocycles. The molecule has 1 aromatic heterocycles. The fourth-order valence-electron chi connectivity index (χ4n) is 3.97. The lowest BCUT2D eigenvalue weighted by Gasteiger charge is -2.29. The largest absolute Gasteiger partial charge is 0.353 e. The molecule has 0 bridgehead atoms. The number of nitriles is 1. The number of thioether (sulfide) groups is 1. The number of nitrogens with one attached hydrogen (secondary N) is 3. The second kappa shape index (κ2) is 11.8. The number of aryl methyl sites for hydroxylation is 1. The molecule has 1 atom stereocenters. The van der Waals surface area contributed by atoms with Gasteiger partial charge in [-0.25, -0.2) is 0 Å². The fourth-order valence-corrected chi connectivity index (χ4v) is 5.71. The Labute approximate surface area is 227 Å². The van der Waals surface area contributed by atoms with Gasteiger partial charge in [0.05, 0.1) is 33.3 Å². The number of nitrogens with zero attached hydrogens (tertiary/aromatic N) is 2. The lowest BCUT2D eigenvalue weighted by atomic mass is 9.86. The van der Waals surface area contributed by atoms with Crippen molar-refractivity contribution in [3.8, 4) is 6.07 Å². The Hall–Kier alpha value is -4.40. The van der Waals surface area contributed by atoms with Crippen LogP contribution in [0, 0.1) is 28.4 Å². The molecule has 0 fully saturated rings. The Morgan fingerprint density at radius 1 is 1.11 bits per heavy atom. The highest BCUT2D eigenvalue weighted by atomic mass is 32.2. The van der Waals surface area contributed by atoms with Gasteiger partial charge in [0.2, 0.25) is 5.91 Å². The van der Waals surface area contributed by atoms with E-state index in [0.717, 1.165) is 22.2 Å². The molecule has 0 unspecified atom stereocenters. The first-order valence-electron chi connectivity index (χ1n) is 11.5. The number of nitro groups is 1. The van der Waals surface area contributed by atoms with Crippen LogP contribution in [-0.4, -0.2) is 22.5 Å². The number of hydrogen-bond donors (Lipinski definition) is 3. The standard InChI is InChI=1S/C27H23N5O4S2/c1-16-6-3-4-7-21(16)31-26(34)24-17(2)29-27(20(14-28)25(24)22-8-5-13-37-22)38-15-23(33)30-18-9-11-19(12-10-18)32(35)36/h3-13,25,29H,15H2,1-2H3,(H,30,33)(H,31,34)/t25-/m0/s1. The smallest absolute Gasteiger partial charge is 0.269 e. The Kier molecular flexibility index (Phi) is 8.25. The van der Waals surface area contributed by atoms with Gasteiger partial charge in [0.1, 0.15) is 0 Å². The number of carbonyl (C=O) groups is 2. The molecule has 3 aromatic rings. The summed E-state index contributed by atoms with van der Waals surface area (Å²) in [7, 11) is 0. The van der Waals surface area contributed by atoms with Gasteiger partial charge < -0.3 is 16.0 Å². The van der Waals surface area contributed by atoms with E-state index in [2.05, 4.69) is 22.0 Å². The molecule has 192 valence electrons. The maximum absolute atomic E-state index is 13.5. The lowest BCUT2D eigenvalue weighted by Crippen LogP contribution is -2.31. The minimum absolute atomic E-state index is 0.0142. The quantitative estimate of drug-likeness (QED) is 0.245. The summed E-state index contributed by atoms with van der Waals surface area (Å²) in [4.78, 5) is 37.2. The number of rotatable bonds is 8. The Morgan fingerprint density at radius 3 is 2.47 bits per heavy atom. The molecule has 9 nitrogen and oxygen atoms in total. The zero-order valence-electron chi connectivity index (χ0n) is 20.5. The average Bonchev–Trinajstić information content (AvgIpc) is 3.43. The summed E-state index contributed by atoms with van der Waals surface area (Å²) in [6.07, 6.45) is 0. The minimum Gasteiger partial charge on any atom is -0.353 e. The second-order valence-electron chi connectivity index (χ2n) is 8.38. The third kappa shape index (κ3) is 5.94. The van der Waals surface area contributed by atoms with Crippen molar-refractivity contribution in [2.24, 2.45) is 0 Å². The van der Waals surface area contributed by atoms with Gasteiger partial charge in [-0.05, 0) is 49.1 Å². The van der Waals surface area contributed by atoms with E-state index in [-0.39, 0.29) is 23.3 Å². The van der Waals surface area contributed by atoms with Crippen molar-refractivity contribution in [1.29, 1.82) is 5.26 Å². The van der Waals surface area contributed by atoms with Crippen LogP contribution in [0.25, 0.3) is 0 Å². The van der Waals surface area contributed by atoms with Crippen LogP contribution in [0.2, 0.25) is 0 Å². The van der Waals surface area contributed by atoms with Crippen molar-refractivity contribution in [3.05, 3.63) is 108 Å². The van der Waals surface area contributed by atoms with Gasteiger partial charge in [-0.3, -0.25) is 19.7 Å². The number of dihydropyridines is 1. The third-order valence-corrected chi connectivity index (χ3v) is 7.78. The number of non-ortho nitro benzene ring substituents is 1. The number of benzene rings is 2. The van der Waals surface area contributed by atoms with Crippen LogP contribution in [-0.2, 0) is 9.59 Å². The topological polar surface area (TPSA) is 137 Å². The van der Waals surface area contributed by atoms with Crippen molar-refractivity contribution in [3.63, 3.8) is 0 Å². The summed E-state index contributed by atoms with van der Waals surface area (Å²) in [5, 5.41) is 32.2. The van der Waals surface area contributed by atoms with E-state index >= 15 is 0 Å². The monoisotopic (exact) mass is 545 g/mol.